The Kier molecular flexibility index (Phi) is 7.04. The van der Waals surface area contributed by atoms with Crippen molar-refractivity contribution in [3.63, 3.8) is 0 Å². The summed E-state index contributed by atoms with van der Waals surface area (Å²) in [6, 6.07) is 15.4. The van der Waals surface area contributed by atoms with Gasteiger partial charge in [0, 0.05) is 19.5 Å². The number of aryl methyl sites for hydroxylation is 1. The zero-order chi connectivity index (χ0) is 21.5. The number of nitrogens with zero attached hydrogens (tertiary/aromatic N) is 4. The number of aromatic nitrogens is 3. The number of hydrogen-bond donors (Lipinski definition) is 1. The fourth-order valence-corrected chi connectivity index (χ4v) is 4.08. The number of rotatable bonds is 7. The first-order valence-corrected chi connectivity index (χ1v) is 11.1. The lowest BCUT2D eigenvalue weighted by molar-refractivity contribution is -0.121. The van der Waals surface area contributed by atoms with Crippen LogP contribution in [0, 0.1) is 0 Å². The second kappa shape index (κ2) is 10.3. The molecule has 1 fully saturated rings. The lowest BCUT2D eigenvalue weighted by atomic mass is 10.1. The first-order valence-electron chi connectivity index (χ1n) is 11.1. The van der Waals surface area contributed by atoms with Crippen LogP contribution in [-0.4, -0.2) is 38.9 Å². The van der Waals surface area contributed by atoms with Crippen molar-refractivity contribution < 1.29 is 4.79 Å². The molecule has 1 saturated heterocycles. The Balaban J connectivity index is 1.33. The van der Waals surface area contributed by atoms with E-state index < -0.39 is 0 Å². The molecule has 7 nitrogen and oxygen atoms in total. The van der Waals surface area contributed by atoms with Crippen LogP contribution in [0.3, 0.4) is 0 Å². The Hall–Kier alpha value is -3.06. The van der Waals surface area contributed by atoms with E-state index in [4.69, 9.17) is 0 Å². The van der Waals surface area contributed by atoms with E-state index in [9.17, 15) is 9.59 Å². The highest BCUT2D eigenvalue weighted by atomic mass is 16.2. The molecule has 3 aromatic rings. The van der Waals surface area contributed by atoms with Gasteiger partial charge in [-0.25, -0.2) is 4.68 Å². The highest BCUT2D eigenvalue weighted by Gasteiger charge is 2.12. The smallest absolute Gasteiger partial charge is 0.277 e. The van der Waals surface area contributed by atoms with Crippen LogP contribution in [0.15, 0.2) is 53.3 Å². The van der Waals surface area contributed by atoms with Gasteiger partial charge >= 0.3 is 0 Å². The normalized spacial score (nSPS) is 15.0. The van der Waals surface area contributed by atoms with Crippen LogP contribution in [0.2, 0.25) is 0 Å². The molecule has 1 aromatic heterocycles. The molecule has 162 valence electrons. The second-order valence-corrected chi connectivity index (χ2v) is 8.12. The van der Waals surface area contributed by atoms with Gasteiger partial charge in [0.2, 0.25) is 5.91 Å². The standard InChI is InChI=1S/C24H29N5O2/c30-23(13-16-29-24(31)21-11-5-6-12-22(21)26-27-29)25-17-19-9-3-4-10-20(19)18-28-14-7-1-2-8-15-28/h3-6,9-12H,1-2,7-8,13-18H2,(H,25,30). The molecule has 0 aliphatic carbocycles. The first-order chi connectivity index (χ1) is 15.2. The zero-order valence-corrected chi connectivity index (χ0v) is 17.8. The van der Waals surface area contributed by atoms with Gasteiger partial charge in [-0.05, 0) is 49.2 Å². The molecule has 0 radical (unpaired) electrons. The van der Waals surface area contributed by atoms with Crippen LogP contribution in [0.4, 0.5) is 0 Å². The highest BCUT2D eigenvalue weighted by molar-refractivity contribution is 5.77. The predicted molar refractivity (Wildman–Crippen MR) is 120 cm³/mol. The van der Waals surface area contributed by atoms with Gasteiger partial charge in [-0.2, -0.15) is 0 Å². The Labute approximate surface area is 182 Å². The predicted octanol–water partition coefficient (Wildman–Crippen LogP) is 2.87. The zero-order valence-electron chi connectivity index (χ0n) is 17.8. The molecule has 2 aromatic carbocycles. The van der Waals surface area contributed by atoms with Crippen LogP contribution in [0.25, 0.3) is 10.9 Å². The maximum Gasteiger partial charge on any atom is 0.277 e. The van der Waals surface area contributed by atoms with Crippen molar-refractivity contribution in [3.05, 3.63) is 70.0 Å². The number of nitrogens with one attached hydrogen (secondary N) is 1. The average molecular weight is 420 g/mol. The van der Waals surface area contributed by atoms with Gasteiger partial charge in [0.05, 0.1) is 11.9 Å². The van der Waals surface area contributed by atoms with Crippen molar-refractivity contribution in [2.24, 2.45) is 0 Å². The van der Waals surface area contributed by atoms with Crippen molar-refractivity contribution in [2.45, 2.75) is 51.7 Å². The van der Waals surface area contributed by atoms with Crippen LogP contribution >= 0.6 is 0 Å². The number of fused-ring (bicyclic) bond motifs is 1. The minimum absolute atomic E-state index is 0.105. The summed E-state index contributed by atoms with van der Waals surface area (Å²) in [6.45, 7) is 3.90. The molecule has 31 heavy (non-hydrogen) atoms. The van der Waals surface area contributed by atoms with Crippen molar-refractivity contribution in [2.75, 3.05) is 13.1 Å². The molecule has 0 unspecified atom stereocenters. The monoisotopic (exact) mass is 419 g/mol. The van der Waals surface area contributed by atoms with Crippen molar-refractivity contribution >= 4 is 16.8 Å². The summed E-state index contributed by atoms with van der Waals surface area (Å²) >= 11 is 0. The Morgan fingerprint density at radius 3 is 2.45 bits per heavy atom. The average Bonchev–Trinajstić information content (AvgIpc) is 3.07. The SMILES string of the molecule is O=C(CCn1nnc2ccccc2c1=O)NCc1ccccc1CN1CCCCCC1. The summed E-state index contributed by atoms with van der Waals surface area (Å²) in [5, 5.41) is 11.5. The van der Waals surface area contributed by atoms with Crippen molar-refractivity contribution in [1.29, 1.82) is 0 Å². The van der Waals surface area contributed by atoms with E-state index in [0.717, 1.165) is 25.2 Å². The summed E-state index contributed by atoms with van der Waals surface area (Å²) in [6.07, 6.45) is 5.34. The summed E-state index contributed by atoms with van der Waals surface area (Å²) < 4.78 is 1.26. The molecule has 1 N–H and O–H groups in total. The second-order valence-electron chi connectivity index (χ2n) is 8.12. The fraction of sp³-hybridized carbons (Fsp3) is 0.417. The maximum atomic E-state index is 12.5. The van der Waals surface area contributed by atoms with Crippen LogP contribution in [0.5, 0.6) is 0 Å². The molecular formula is C24H29N5O2. The van der Waals surface area contributed by atoms with Crippen molar-refractivity contribution in [1.82, 2.24) is 25.2 Å². The molecular weight excluding hydrogens is 390 g/mol. The molecule has 7 heteroatoms. The molecule has 1 amide bonds. The lowest BCUT2D eigenvalue weighted by Gasteiger charge is -2.21. The third kappa shape index (κ3) is 5.55. The summed E-state index contributed by atoms with van der Waals surface area (Å²) in [4.78, 5) is 27.4. The number of benzene rings is 2. The van der Waals surface area contributed by atoms with E-state index >= 15 is 0 Å². The topological polar surface area (TPSA) is 80.1 Å². The van der Waals surface area contributed by atoms with E-state index in [0.29, 0.717) is 17.4 Å². The minimum atomic E-state index is -0.221. The number of carbonyl (C=O) groups is 1. The van der Waals surface area contributed by atoms with Gasteiger partial charge in [-0.1, -0.05) is 54.5 Å². The summed E-state index contributed by atoms with van der Waals surface area (Å²) in [7, 11) is 0. The van der Waals surface area contributed by atoms with Gasteiger partial charge in [0.25, 0.3) is 5.56 Å². The lowest BCUT2D eigenvalue weighted by Crippen LogP contribution is -2.30. The van der Waals surface area contributed by atoms with Crippen LogP contribution < -0.4 is 10.9 Å². The van der Waals surface area contributed by atoms with E-state index in [1.165, 1.54) is 35.9 Å². The fourth-order valence-electron chi connectivity index (χ4n) is 4.08. The van der Waals surface area contributed by atoms with E-state index in [-0.39, 0.29) is 24.4 Å². The Bertz CT molecular complexity index is 1090. The van der Waals surface area contributed by atoms with E-state index in [1.807, 2.05) is 12.1 Å². The Morgan fingerprint density at radius 1 is 0.935 bits per heavy atom. The molecule has 0 saturated carbocycles. The first kappa shape index (κ1) is 21.2. The molecule has 0 spiro atoms. The summed E-state index contributed by atoms with van der Waals surface area (Å²) in [5.41, 5.74) is 2.75. The van der Waals surface area contributed by atoms with Gasteiger partial charge in [0.15, 0.2) is 0 Å². The third-order valence-electron chi connectivity index (χ3n) is 5.87. The number of hydrogen-bond acceptors (Lipinski definition) is 5. The van der Waals surface area contributed by atoms with Gasteiger partial charge in [0.1, 0.15) is 5.52 Å². The molecule has 4 rings (SSSR count). The van der Waals surface area contributed by atoms with E-state index in [1.54, 1.807) is 18.2 Å². The molecule has 1 aliphatic heterocycles. The van der Waals surface area contributed by atoms with Gasteiger partial charge in [-0.15, -0.1) is 5.10 Å². The van der Waals surface area contributed by atoms with E-state index in [2.05, 4.69) is 38.7 Å². The third-order valence-corrected chi connectivity index (χ3v) is 5.87. The van der Waals surface area contributed by atoms with Gasteiger partial charge in [-0.3, -0.25) is 14.5 Å². The number of amides is 1. The molecule has 1 aliphatic rings. The largest absolute Gasteiger partial charge is 0.352 e. The summed E-state index contributed by atoms with van der Waals surface area (Å²) in [5.74, 6) is -0.105. The quantitative estimate of drug-likeness (QED) is 0.637. The maximum absolute atomic E-state index is 12.5. The van der Waals surface area contributed by atoms with Gasteiger partial charge < -0.3 is 5.32 Å². The highest BCUT2D eigenvalue weighted by Crippen LogP contribution is 2.16. The van der Waals surface area contributed by atoms with Crippen LogP contribution in [0.1, 0.15) is 43.2 Å². The molecule has 0 bridgehead atoms. The minimum Gasteiger partial charge on any atom is -0.352 e. The number of carbonyl (C=O) groups excluding carboxylic acids is 1. The number of likely N-dealkylation sites (tertiary alicyclic amines) is 1. The van der Waals surface area contributed by atoms with Crippen LogP contribution in [-0.2, 0) is 24.4 Å². The Morgan fingerprint density at radius 2 is 1.65 bits per heavy atom. The molecule has 0 atom stereocenters. The van der Waals surface area contributed by atoms with Crippen molar-refractivity contribution in [3.8, 4) is 0 Å². The molecule has 2 heterocycles.